The fourth-order valence-corrected chi connectivity index (χ4v) is 2.86. The van der Waals surface area contributed by atoms with Gasteiger partial charge in [-0.3, -0.25) is 4.79 Å². The average molecular weight is 282 g/mol. The molecule has 1 aromatic rings. The Morgan fingerprint density at radius 3 is 2.90 bits per heavy atom. The van der Waals surface area contributed by atoms with Crippen LogP contribution < -0.4 is 5.73 Å². The van der Waals surface area contributed by atoms with Crippen molar-refractivity contribution in [2.45, 2.75) is 32.2 Å². The molecule has 5 heteroatoms. The molecule has 0 saturated carbocycles. The van der Waals surface area contributed by atoms with Crippen molar-refractivity contribution < 1.29 is 13.6 Å². The number of carbonyl (C=O) groups is 1. The van der Waals surface area contributed by atoms with Gasteiger partial charge >= 0.3 is 0 Å². The molecule has 2 N–H and O–H groups in total. The third kappa shape index (κ3) is 3.15. The number of amides is 1. The molecule has 110 valence electrons. The second-order valence-electron chi connectivity index (χ2n) is 5.42. The van der Waals surface area contributed by atoms with E-state index in [4.69, 9.17) is 5.73 Å². The Kier molecular flexibility index (Phi) is 4.70. The van der Waals surface area contributed by atoms with E-state index in [1.54, 1.807) is 4.90 Å². The van der Waals surface area contributed by atoms with Crippen LogP contribution >= 0.6 is 0 Å². The monoisotopic (exact) mass is 282 g/mol. The van der Waals surface area contributed by atoms with Crippen molar-refractivity contribution in [3.05, 3.63) is 35.4 Å². The summed E-state index contributed by atoms with van der Waals surface area (Å²) in [6.45, 7) is 3.11. The summed E-state index contributed by atoms with van der Waals surface area (Å²) < 4.78 is 26.7. The largest absolute Gasteiger partial charge is 0.338 e. The zero-order chi connectivity index (χ0) is 14.7. The van der Waals surface area contributed by atoms with Gasteiger partial charge in [0.15, 0.2) is 0 Å². The summed E-state index contributed by atoms with van der Waals surface area (Å²) in [5.74, 6) is -0.919. The van der Waals surface area contributed by atoms with E-state index in [1.165, 1.54) is 0 Å². The lowest BCUT2D eigenvalue weighted by Gasteiger charge is -2.39. The van der Waals surface area contributed by atoms with Gasteiger partial charge in [0.2, 0.25) is 5.91 Å². The van der Waals surface area contributed by atoms with Gasteiger partial charge < -0.3 is 10.6 Å². The van der Waals surface area contributed by atoms with Crippen molar-refractivity contribution >= 4 is 5.91 Å². The SMILES string of the molecule is CC1CCCN(C(=O)Cc2cc(F)ccc2F)C1CN. The second-order valence-corrected chi connectivity index (χ2v) is 5.42. The molecule has 1 saturated heterocycles. The maximum absolute atomic E-state index is 13.6. The summed E-state index contributed by atoms with van der Waals surface area (Å²) in [4.78, 5) is 14.0. The van der Waals surface area contributed by atoms with Crippen molar-refractivity contribution in [3.8, 4) is 0 Å². The first kappa shape index (κ1) is 14.9. The van der Waals surface area contributed by atoms with Gasteiger partial charge in [-0.1, -0.05) is 6.92 Å². The van der Waals surface area contributed by atoms with Crippen LogP contribution in [0, 0.1) is 17.6 Å². The zero-order valence-corrected chi connectivity index (χ0v) is 11.6. The lowest BCUT2D eigenvalue weighted by Crippen LogP contribution is -2.51. The minimum Gasteiger partial charge on any atom is -0.338 e. The summed E-state index contributed by atoms with van der Waals surface area (Å²) in [5.41, 5.74) is 5.84. The van der Waals surface area contributed by atoms with Gasteiger partial charge in [0.25, 0.3) is 0 Å². The Bertz CT molecular complexity index is 493. The zero-order valence-electron chi connectivity index (χ0n) is 11.6. The number of benzene rings is 1. The number of nitrogens with two attached hydrogens (primary N) is 1. The summed E-state index contributed by atoms with van der Waals surface area (Å²) in [7, 11) is 0. The van der Waals surface area contributed by atoms with Gasteiger partial charge in [0.05, 0.1) is 6.42 Å². The molecule has 0 bridgehead atoms. The fourth-order valence-electron chi connectivity index (χ4n) is 2.86. The number of hydrogen-bond donors (Lipinski definition) is 1. The summed E-state index contributed by atoms with van der Waals surface area (Å²) in [5, 5.41) is 0. The molecule has 0 aliphatic carbocycles. The smallest absolute Gasteiger partial charge is 0.227 e. The first-order valence-corrected chi connectivity index (χ1v) is 6.96. The highest BCUT2D eigenvalue weighted by Crippen LogP contribution is 2.23. The van der Waals surface area contributed by atoms with Gasteiger partial charge in [0, 0.05) is 24.7 Å². The lowest BCUT2D eigenvalue weighted by molar-refractivity contribution is -0.135. The first-order valence-electron chi connectivity index (χ1n) is 6.96. The Balaban J connectivity index is 2.12. The van der Waals surface area contributed by atoms with Crippen molar-refractivity contribution in [1.82, 2.24) is 4.90 Å². The molecule has 2 rings (SSSR count). The molecule has 0 radical (unpaired) electrons. The van der Waals surface area contributed by atoms with Crippen LogP contribution in [0.3, 0.4) is 0 Å². The number of nitrogens with zero attached hydrogens (tertiary/aromatic N) is 1. The molecule has 1 amide bonds. The Labute approximate surface area is 117 Å². The number of piperidine rings is 1. The van der Waals surface area contributed by atoms with Gasteiger partial charge in [-0.15, -0.1) is 0 Å². The number of hydrogen-bond acceptors (Lipinski definition) is 2. The van der Waals surface area contributed by atoms with E-state index in [-0.39, 0.29) is 23.9 Å². The van der Waals surface area contributed by atoms with E-state index in [2.05, 4.69) is 6.92 Å². The standard InChI is InChI=1S/C15H20F2N2O/c1-10-3-2-6-19(14(10)9-18)15(20)8-11-7-12(16)4-5-13(11)17/h4-5,7,10,14H,2-3,6,8-9,18H2,1H3. The van der Waals surface area contributed by atoms with E-state index >= 15 is 0 Å². The third-order valence-corrected chi connectivity index (χ3v) is 4.03. The molecule has 3 nitrogen and oxygen atoms in total. The summed E-state index contributed by atoms with van der Waals surface area (Å²) >= 11 is 0. The van der Waals surface area contributed by atoms with Crippen LogP contribution in [0.5, 0.6) is 0 Å². The van der Waals surface area contributed by atoms with Crippen LogP contribution in [0.4, 0.5) is 8.78 Å². The van der Waals surface area contributed by atoms with E-state index in [1.807, 2.05) is 0 Å². The molecule has 1 fully saturated rings. The summed E-state index contributed by atoms with van der Waals surface area (Å²) in [6, 6.07) is 3.18. The van der Waals surface area contributed by atoms with E-state index in [0.29, 0.717) is 19.0 Å². The van der Waals surface area contributed by atoms with Crippen LogP contribution in [0.2, 0.25) is 0 Å². The molecule has 1 heterocycles. The van der Waals surface area contributed by atoms with E-state index in [9.17, 15) is 13.6 Å². The first-order chi connectivity index (χ1) is 9.52. The van der Waals surface area contributed by atoms with Crippen LogP contribution in [0.25, 0.3) is 0 Å². The maximum atomic E-state index is 13.6. The van der Waals surface area contributed by atoms with Gasteiger partial charge in [-0.2, -0.15) is 0 Å². The number of likely N-dealkylation sites (tertiary alicyclic amines) is 1. The molecular formula is C15H20F2N2O. The van der Waals surface area contributed by atoms with Crippen molar-refractivity contribution in [3.63, 3.8) is 0 Å². The number of rotatable bonds is 3. The minimum absolute atomic E-state index is 0.00660. The van der Waals surface area contributed by atoms with Crippen molar-refractivity contribution in [2.24, 2.45) is 11.7 Å². The van der Waals surface area contributed by atoms with E-state index < -0.39 is 11.6 Å². The molecule has 2 atom stereocenters. The molecular weight excluding hydrogens is 262 g/mol. The van der Waals surface area contributed by atoms with Gasteiger partial charge in [0.1, 0.15) is 11.6 Å². The number of halogens is 2. The highest BCUT2D eigenvalue weighted by Gasteiger charge is 2.30. The molecule has 1 aromatic carbocycles. The lowest BCUT2D eigenvalue weighted by atomic mass is 9.90. The Hall–Kier alpha value is -1.49. The molecule has 0 aromatic heterocycles. The van der Waals surface area contributed by atoms with Crippen LogP contribution in [-0.4, -0.2) is 29.9 Å². The minimum atomic E-state index is -0.547. The molecule has 2 unspecified atom stereocenters. The Morgan fingerprint density at radius 2 is 2.20 bits per heavy atom. The van der Waals surface area contributed by atoms with Crippen LogP contribution in [0.1, 0.15) is 25.3 Å². The molecule has 1 aliphatic heterocycles. The molecule has 0 spiro atoms. The predicted octanol–water partition coefficient (Wildman–Crippen LogP) is 2.09. The quantitative estimate of drug-likeness (QED) is 0.922. The van der Waals surface area contributed by atoms with Gasteiger partial charge in [-0.25, -0.2) is 8.78 Å². The van der Waals surface area contributed by atoms with Crippen molar-refractivity contribution in [1.29, 1.82) is 0 Å². The topological polar surface area (TPSA) is 46.3 Å². The Morgan fingerprint density at radius 1 is 1.45 bits per heavy atom. The maximum Gasteiger partial charge on any atom is 0.227 e. The average Bonchev–Trinajstić information content (AvgIpc) is 2.42. The summed E-state index contributed by atoms with van der Waals surface area (Å²) in [6.07, 6.45) is 1.85. The fraction of sp³-hybridized carbons (Fsp3) is 0.533. The van der Waals surface area contributed by atoms with Crippen LogP contribution in [0.15, 0.2) is 18.2 Å². The van der Waals surface area contributed by atoms with Gasteiger partial charge in [-0.05, 0) is 37.0 Å². The molecule has 20 heavy (non-hydrogen) atoms. The van der Waals surface area contributed by atoms with Crippen LogP contribution in [-0.2, 0) is 11.2 Å². The number of carbonyl (C=O) groups excluding carboxylic acids is 1. The predicted molar refractivity (Wildman–Crippen MR) is 73.0 cm³/mol. The van der Waals surface area contributed by atoms with Crippen molar-refractivity contribution in [2.75, 3.05) is 13.1 Å². The highest BCUT2D eigenvalue weighted by atomic mass is 19.1. The second kappa shape index (κ2) is 6.31. The third-order valence-electron chi connectivity index (χ3n) is 4.03. The van der Waals surface area contributed by atoms with E-state index in [0.717, 1.165) is 31.0 Å². The molecule has 1 aliphatic rings. The highest BCUT2D eigenvalue weighted by molar-refractivity contribution is 5.79. The normalized spacial score (nSPS) is 22.9.